The molecule has 9 aromatic rings. The molecule has 0 saturated carbocycles. The fourth-order valence-electron chi connectivity index (χ4n) is 6.19. The molecule has 0 spiro atoms. The normalized spacial score (nSPS) is 10.8. The number of furan rings is 1. The van der Waals surface area contributed by atoms with Crippen molar-refractivity contribution in [3.8, 4) is 44.8 Å². The first-order valence-electron chi connectivity index (χ1n) is 15.8. The monoisotopic (exact) mass is 808 g/mol. The Labute approximate surface area is 298 Å². The van der Waals surface area contributed by atoms with Crippen molar-refractivity contribution < 1.29 is 24.5 Å². The minimum Gasteiger partial charge on any atom is -0.500 e. The van der Waals surface area contributed by atoms with Crippen LogP contribution in [0.4, 0.5) is 0 Å². The van der Waals surface area contributed by atoms with Gasteiger partial charge in [-0.3, -0.25) is 4.98 Å². The molecule has 0 aliphatic rings. The van der Waals surface area contributed by atoms with E-state index in [9.17, 15) is 0 Å². The molecule has 0 atom stereocenters. The number of benzene rings is 5. The molecule has 4 nitrogen and oxygen atoms in total. The van der Waals surface area contributed by atoms with Crippen LogP contribution in [0.5, 0.6) is 0 Å². The summed E-state index contributed by atoms with van der Waals surface area (Å²) in [7, 11) is 0. The van der Waals surface area contributed by atoms with E-state index in [-0.39, 0.29) is 20.1 Å². The number of pyridine rings is 3. The molecule has 1 radical (unpaired) electrons. The number of hydrogen-bond donors (Lipinski definition) is 0. The minimum absolute atomic E-state index is 0. The van der Waals surface area contributed by atoms with Crippen LogP contribution >= 0.6 is 0 Å². The van der Waals surface area contributed by atoms with Crippen molar-refractivity contribution >= 4 is 32.7 Å². The molecule has 0 bridgehead atoms. The zero-order chi connectivity index (χ0) is 32.3. The molecule has 0 unspecified atom stereocenters. The van der Waals surface area contributed by atoms with Crippen LogP contribution in [0.2, 0.25) is 0 Å². The summed E-state index contributed by atoms with van der Waals surface area (Å²) in [6.45, 7) is 2.10. The van der Waals surface area contributed by atoms with Gasteiger partial charge in [0.2, 0.25) is 0 Å². The Morgan fingerprint density at radius 3 is 2.12 bits per heavy atom. The SMILES string of the molecule is Cc1cncc2c(-c3cccc4c3oc3c(-c5cc(-c6ccccc6)ccn5)[c-]ccc34)cccc12.[Ir].[c-]1ccccc1-c1ccccn1. The topological polar surface area (TPSA) is 51.8 Å². The second-order valence-electron chi connectivity index (χ2n) is 11.5. The van der Waals surface area contributed by atoms with Crippen molar-refractivity contribution in [2.75, 3.05) is 0 Å². The molecule has 0 fully saturated rings. The molecule has 0 aliphatic carbocycles. The molecule has 5 aromatic carbocycles. The number of rotatable bonds is 4. The van der Waals surface area contributed by atoms with Gasteiger partial charge in [0, 0.05) is 61.2 Å². The van der Waals surface area contributed by atoms with Gasteiger partial charge in [-0.15, -0.1) is 54.1 Å². The average molecular weight is 808 g/mol. The Morgan fingerprint density at radius 2 is 1.31 bits per heavy atom. The van der Waals surface area contributed by atoms with Crippen LogP contribution in [0, 0.1) is 19.1 Å². The number of nitrogens with zero attached hydrogens (tertiary/aromatic N) is 3. The van der Waals surface area contributed by atoms with Gasteiger partial charge >= 0.3 is 0 Å². The molecule has 0 aliphatic heterocycles. The zero-order valence-corrected chi connectivity index (χ0v) is 29.0. The number of hydrogen-bond acceptors (Lipinski definition) is 4. The summed E-state index contributed by atoms with van der Waals surface area (Å²) >= 11 is 0. The summed E-state index contributed by atoms with van der Waals surface area (Å²) in [6, 6.07) is 51.5. The third kappa shape index (κ3) is 6.30. The molecule has 5 heteroatoms. The van der Waals surface area contributed by atoms with Crippen molar-refractivity contribution in [2.45, 2.75) is 6.92 Å². The molecule has 49 heavy (non-hydrogen) atoms. The van der Waals surface area contributed by atoms with Gasteiger partial charge in [-0.05, 0) is 58.1 Å². The van der Waals surface area contributed by atoms with Crippen LogP contribution in [0.15, 0.2) is 163 Å². The summed E-state index contributed by atoms with van der Waals surface area (Å²) in [5, 5.41) is 4.46. The van der Waals surface area contributed by atoms with Crippen molar-refractivity contribution in [3.63, 3.8) is 0 Å². The predicted molar refractivity (Wildman–Crippen MR) is 195 cm³/mol. The van der Waals surface area contributed by atoms with Crippen LogP contribution in [-0.2, 0) is 20.1 Å². The van der Waals surface area contributed by atoms with Crippen LogP contribution in [-0.4, -0.2) is 15.0 Å². The van der Waals surface area contributed by atoms with E-state index in [1.807, 2.05) is 91.4 Å². The number of aryl methyl sites for hydroxylation is 1. The molecular formula is C44H29IrN3O-2. The van der Waals surface area contributed by atoms with Crippen molar-refractivity contribution in [3.05, 3.63) is 176 Å². The largest absolute Gasteiger partial charge is 0.500 e. The standard InChI is InChI=1S/C33H21N2O.C11H8N.Ir/c1-21-19-34-20-30-24(21)10-5-11-25(30)26-12-6-13-27-28-14-7-15-29(33(28)36-32(26)27)31-18-23(16-17-35-31)22-8-3-2-4-9-22;1-2-6-10(7-3-1)11-8-4-5-9-12-11;/h2-14,16-20H,1H3;1-6,8-9H;/q2*-1;. The van der Waals surface area contributed by atoms with Crippen LogP contribution in [0.1, 0.15) is 5.56 Å². The Hall–Kier alpha value is -5.74. The summed E-state index contributed by atoms with van der Waals surface area (Å²) in [4.78, 5) is 13.4. The van der Waals surface area contributed by atoms with E-state index in [0.717, 1.165) is 77.7 Å². The Morgan fingerprint density at radius 1 is 0.531 bits per heavy atom. The van der Waals surface area contributed by atoms with Gasteiger partial charge in [-0.25, -0.2) is 0 Å². The van der Waals surface area contributed by atoms with Gasteiger partial charge in [0.1, 0.15) is 5.58 Å². The molecule has 9 rings (SSSR count). The van der Waals surface area contributed by atoms with E-state index >= 15 is 0 Å². The van der Waals surface area contributed by atoms with Crippen molar-refractivity contribution in [1.82, 2.24) is 15.0 Å². The third-order valence-electron chi connectivity index (χ3n) is 8.52. The summed E-state index contributed by atoms with van der Waals surface area (Å²) in [5.74, 6) is 0. The van der Waals surface area contributed by atoms with E-state index in [4.69, 9.17) is 4.42 Å². The smallest absolute Gasteiger partial charge is 0.128 e. The van der Waals surface area contributed by atoms with E-state index in [0.29, 0.717) is 0 Å². The third-order valence-corrected chi connectivity index (χ3v) is 8.52. The van der Waals surface area contributed by atoms with Crippen molar-refractivity contribution in [1.29, 1.82) is 0 Å². The maximum atomic E-state index is 6.66. The molecular weight excluding hydrogens is 779 g/mol. The minimum atomic E-state index is 0. The van der Waals surface area contributed by atoms with Crippen molar-refractivity contribution in [2.24, 2.45) is 0 Å². The second-order valence-corrected chi connectivity index (χ2v) is 11.5. The fourth-order valence-corrected chi connectivity index (χ4v) is 6.19. The van der Waals surface area contributed by atoms with E-state index in [2.05, 4.69) is 94.7 Å². The molecule has 4 aromatic heterocycles. The molecule has 0 amide bonds. The van der Waals surface area contributed by atoms with Gasteiger partial charge in [0.05, 0.1) is 5.58 Å². The number of fused-ring (bicyclic) bond motifs is 4. The van der Waals surface area contributed by atoms with E-state index < -0.39 is 0 Å². The zero-order valence-electron chi connectivity index (χ0n) is 26.6. The quantitative estimate of drug-likeness (QED) is 0.166. The maximum absolute atomic E-state index is 6.66. The fraction of sp³-hybridized carbons (Fsp3) is 0.0227. The number of para-hydroxylation sites is 1. The average Bonchev–Trinajstić information content (AvgIpc) is 3.56. The predicted octanol–water partition coefficient (Wildman–Crippen LogP) is 11.2. The Balaban J connectivity index is 0.000000246. The van der Waals surface area contributed by atoms with Gasteiger partial charge in [0.25, 0.3) is 0 Å². The first-order valence-corrected chi connectivity index (χ1v) is 15.8. The molecule has 4 heterocycles. The van der Waals surface area contributed by atoms with Crippen LogP contribution < -0.4 is 0 Å². The molecule has 0 N–H and O–H groups in total. The second kappa shape index (κ2) is 14.2. The van der Waals surface area contributed by atoms with Gasteiger partial charge in [-0.1, -0.05) is 95.9 Å². The van der Waals surface area contributed by atoms with Gasteiger partial charge in [0.15, 0.2) is 0 Å². The first kappa shape index (κ1) is 31.8. The molecule has 237 valence electrons. The first-order chi connectivity index (χ1) is 23.7. The summed E-state index contributed by atoms with van der Waals surface area (Å²) in [5.41, 5.74) is 11.0. The molecule has 0 saturated heterocycles. The van der Waals surface area contributed by atoms with E-state index in [1.54, 1.807) is 6.20 Å². The van der Waals surface area contributed by atoms with Crippen LogP contribution in [0.25, 0.3) is 77.5 Å². The van der Waals surface area contributed by atoms with Crippen LogP contribution in [0.3, 0.4) is 0 Å². The summed E-state index contributed by atoms with van der Waals surface area (Å²) in [6.07, 6.45) is 7.49. The van der Waals surface area contributed by atoms with Gasteiger partial charge in [-0.2, -0.15) is 0 Å². The number of aromatic nitrogens is 3. The van der Waals surface area contributed by atoms with Gasteiger partial charge < -0.3 is 14.4 Å². The van der Waals surface area contributed by atoms with E-state index in [1.165, 1.54) is 5.39 Å². The Kier molecular flexibility index (Phi) is 9.21. The summed E-state index contributed by atoms with van der Waals surface area (Å²) < 4.78 is 6.66. The Bertz CT molecular complexity index is 2480. The maximum Gasteiger partial charge on any atom is 0.128 e.